The van der Waals surface area contributed by atoms with E-state index in [1.165, 1.54) is 0 Å². The standard InChI is InChI=1S/C14H21N3O/c1-3-7-16-10-14(18)11-17(2)13-6-4-5-12(8-13)9-15/h4-6,8,14,16,18H,3,7,10-11H2,1-2H3. The summed E-state index contributed by atoms with van der Waals surface area (Å²) in [5.74, 6) is 0. The first kappa shape index (κ1) is 14.5. The first-order valence-electron chi connectivity index (χ1n) is 6.27. The molecule has 0 spiro atoms. The van der Waals surface area contributed by atoms with Crippen molar-refractivity contribution in [1.29, 1.82) is 5.26 Å². The van der Waals surface area contributed by atoms with Crippen LogP contribution in [0.2, 0.25) is 0 Å². The van der Waals surface area contributed by atoms with Gasteiger partial charge in [-0.1, -0.05) is 13.0 Å². The average molecular weight is 247 g/mol. The minimum atomic E-state index is -0.410. The number of aliphatic hydroxyl groups excluding tert-OH is 1. The average Bonchev–Trinajstić information content (AvgIpc) is 2.39. The Morgan fingerprint density at radius 1 is 1.50 bits per heavy atom. The van der Waals surface area contributed by atoms with Gasteiger partial charge in [-0.3, -0.25) is 0 Å². The van der Waals surface area contributed by atoms with Crippen LogP contribution >= 0.6 is 0 Å². The monoisotopic (exact) mass is 247 g/mol. The quantitative estimate of drug-likeness (QED) is 0.714. The molecule has 0 bridgehead atoms. The lowest BCUT2D eigenvalue weighted by molar-refractivity contribution is 0.178. The van der Waals surface area contributed by atoms with Gasteiger partial charge in [0.2, 0.25) is 0 Å². The summed E-state index contributed by atoms with van der Waals surface area (Å²) in [6.07, 6.45) is 0.652. The molecule has 1 rings (SSSR count). The van der Waals surface area contributed by atoms with Crippen molar-refractivity contribution in [1.82, 2.24) is 5.32 Å². The minimum absolute atomic E-state index is 0.410. The van der Waals surface area contributed by atoms with Crippen LogP contribution in [0.3, 0.4) is 0 Å². The highest BCUT2D eigenvalue weighted by atomic mass is 16.3. The summed E-state index contributed by atoms with van der Waals surface area (Å²) in [5.41, 5.74) is 1.58. The lowest BCUT2D eigenvalue weighted by Crippen LogP contribution is -2.36. The Labute approximate surface area is 109 Å². The number of anilines is 1. The Kier molecular flexibility index (Phi) is 6.20. The third-order valence-electron chi connectivity index (χ3n) is 2.71. The van der Waals surface area contributed by atoms with Gasteiger partial charge in [-0.15, -0.1) is 0 Å². The fraction of sp³-hybridized carbons (Fsp3) is 0.500. The number of nitrogens with one attached hydrogen (secondary N) is 1. The number of nitriles is 1. The van der Waals surface area contributed by atoms with E-state index in [0.29, 0.717) is 18.7 Å². The summed E-state index contributed by atoms with van der Waals surface area (Å²) in [6, 6.07) is 9.51. The van der Waals surface area contributed by atoms with Gasteiger partial charge in [0.1, 0.15) is 0 Å². The summed E-state index contributed by atoms with van der Waals surface area (Å²) in [5, 5.41) is 21.9. The van der Waals surface area contributed by atoms with E-state index < -0.39 is 6.10 Å². The van der Waals surface area contributed by atoms with Crippen LogP contribution < -0.4 is 10.2 Å². The van der Waals surface area contributed by atoms with E-state index in [4.69, 9.17) is 5.26 Å². The summed E-state index contributed by atoms with van der Waals surface area (Å²) >= 11 is 0. The van der Waals surface area contributed by atoms with Gasteiger partial charge < -0.3 is 15.3 Å². The van der Waals surface area contributed by atoms with Crippen molar-refractivity contribution in [3.8, 4) is 6.07 Å². The van der Waals surface area contributed by atoms with Crippen LogP contribution in [0.4, 0.5) is 5.69 Å². The third kappa shape index (κ3) is 4.74. The van der Waals surface area contributed by atoms with Gasteiger partial charge in [-0.05, 0) is 31.2 Å². The first-order valence-corrected chi connectivity index (χ1v) is 6.27. The van der Waals surface area contributed by atoms with Crippen molar-refractivity contribution < 1.29 is 5.11 Å². The lowest BCUT2D eigenvalue weighted by Gasteiger charge is -2.23. The summed E-state index contributed by atoms with van der Waals surface area (Å²) in [4.78, 5) is 1.96. The van der Waals surface area contributed by atoms with Gasteiger partial charge in [0, 0.05) is 25.8 Å². The van der Waals surface area contributed by atoms with Crippen LogP contribution in [0.25, 0.3) is 0 Å². The van der Waals surface area contributed by atoms with E-state index in [0.717, 1.165) is 18.7 Å². The number of hydrogen-bond donors (Lipinski definition) is 2. The normalized spacial score (nSPS) is 11.9. The predicted molar refractivity (Wildman–Crippen MR) is 73.6 cm³/mol. The molecule has 0 saturated heterocycles. The first-order chi connectivity index (χ1) is 8.67. The molecular formula is C14H21N3O. The largest absolute Gasteiger partial charge is 0.390 e. The van der Waals surface area contributed by atoms with E-state index in [2.05, 4.69) is 18.3 Å². The Morgan fingerprint density at radius 2 is 2.28 bits per heavy atom. The van der Waals surface area contributed by atoms with E-state index in [9.17, 15) is 5.11 Å². The van der Waals surface area contributed by atoms with Gasteiger partial charge in [0.15, 0.2) is 0 Å². The lowest BCUT2D eigenvalue weighted by atomic mass is 10.2. The molecule has 0 heterocycles. The van der Waals surface area contributed by atoms with Crippen LogP contribution in [0.1, 0.15) is 18.9 Å². The van der Waals surface area contributed by atoms with Gasteiger partial charge >= 0.3 is 0 Å². The van der Waals surface area contributed by atoms with Gasteiger partial charge in [0.25, 0.3) is 0 Å². The minimum Gasteiger partial charge on any atom is -0.390 e. The maximum atomic E-state index is 9.86. The number of rotatable bonds is 7. The Morgan fingerprint density at radius 3 is 2.94 bits per heavy atom. The molecular weight excluding hydrogens is 226 g/mol. The summed E-state index contributed by atoms with van der Waals surface area (Å²) < 4.78 is 0. The highest BCUT2D eigenvalue weighted by Gasteiger charge is 2.08. The highest BCUT2D eigenvalue weighted by Crippen LogP contribution is 2.14. The zero-order valence-electron chi connectivity index (χ0n) is 11.1. The van der Waals surface area contributed by atoms with Crippen LogP contribution in [-0.4, -0.2) is 37.9 Å². The maximum absolute atomic E-state index is 9.86. The smallest absolute Gasteiger partial charge is 0.0992 e. The molecule has 0 radical (unpaired) electrons. The molecule has 0 aliphatic heterocycles. The van der Waals surface area contributed by atoms with Crippen LogP contribution in [0, 0.1) is 11.3 Å². The van der Waals surface area contributed by atoms with Gasteiger partial charge in [-0.2, -0.15) is 5.26 Å². The fourth-order valence-electron chi connectivity index (χ4n) is 1.74. The molecule has 0 aliphatic carbocycles. The van der Waals surface area contributed by atoms with Crippen molar-refractivity contribution in [2.24, 2.45) is 0 Å². The molecule has 0 saturated carbocycles. The second-order valence-electron chi connectivity index (χ2n) is 4.40. The molecule has 1 atom stereocenters. The molecule has 0 fully saturated rings. The SMILES string of the molecule is CCCNCC(O)CN(C)c1cccc(C#N)c1. The molecule has 0 amide bonds. The molecule has 4 nitrogen and oxygen atoms in total. The fourth-order valence-corrected chi connectivity index (χ4v) is 1.74. The van der Waals surface area contributed by atoms with E-state index in [1.54, 1.807) is 6.07 Å². The van der Waals surface area contributed by atoms with Gasteiger partial charge in [0.05, 0.1) is 17.7 Å². The number of benzene rings is 1. The zero-order valence-corrected chi connectivity index (χ0v) is 11.1. The van der Waals surface area contributed by atoms with E-state index in [1.807, 2.05) is 30.1 Å². The van der Waals surface area contributed by atoms with Crippen molar-refractivity contribution in [2.75, 3.05) is 31.6 Å². The maximum Gasteiger partial charge on any atom is 0.0992 e. The van der Waals surface area contributed by atoms with E-state index >= 15 is 0 Å². The molecule has 1 unspecified atom stereocenters. The summed E-state index contributed by atoms with van der Waals surface area (Å²) in [6.45, 7) is 4.16. The van der Waals surface area contributed by atoms with Crippen LogP contribution in [0.15, 0.2) is 24.3 Å². The summed E-state index contributed by atoms with van der Waals surface area (Å²) in [7, 11) is 1.92. The Balaban J connectivity index is 2.48. The predicted octanol–water partition coefficient (Wildman–Crippen LogP) is 1.35. The molecule has 1 aromatic carbocycles. The molecule has 2 N–H and O–H groups in total. The number of hydrogen-bond acceptors (Lipinski definition) is 4. The Hall–Kier alpha value is -1.57. The molecule has 1 aromatic rings. The Bertz CT molecular complexity index is 400. The van der Waals surface area contributed by atoms with Crippen LogP contribution in [0.5, 0.6) is 0 Å². The number of nitrogens with zero attached hydrogens (tertiary/aromatic N) is 2. The second-order valence-corrected chi connectivity index (χ2v) is 4.40. The topological polar surface area (TPSA) is 59.3 Å². The van der Waals surface area contributed by atoms with E-state index in [-0.39, 0.29) is 0 Å². The number of likely N-dealkylation sites (N-methyl/N-ethyl adjacent to an activating group) is 1. The van der Waals surface area contributed by atoms with Crippen LogP contribution in [-0.2, 0) is 0 Å². The molecule has 98 valence electrons. The number of aliphatic hydroxyl groups is 1. The second kappa shape index (κ2) is 7.70. The van der Waals surface area contributed by atoms with Crippen molar-refractivity contribution in [3.63, 3.8) is 0 Å². The highest BCUT2D eigenvalue weighted by molar-refractivity contribution is 5.50. The van der Waals surface area contributed by atoms with Gasteiger partial charge in [-0.25, -0.2) is 0 Å². The van der Waals surface area contributed by atoms with Crippen molar-refractivity contribution in [3.05, 3.63) is 29.8 Å². The third-order valence-corrected chi connectivity index (χ3v) is 2.71. The molecule has 0 aliphatic rings. The van der Waals surface area contributed by atoms with Crippen molar-refractivity contribution in [2.45, 2.75) is 19.4 Å². The molecule has 0 aromatic heterocycles. The molecule has 4 heteroatoms. The van der Waals surface area contributed by atoms with Crippen molar-refractivity contribution >= 4 is 5.69 Å². The zero-order chi connectivity index (χ0) is 13.4. The molecule has 18 heavy (non-hydrogen) atoms.